The SMILES string of the molecule is C[C@@H]1CSc2ccc(S(=O)(=O)N3CCN(c4cccc(Cl)c4)CC3)cc2NC1=O. The van der Waals surface area contributed by atoms with E-state index >= 15 is 0 Å². The summed E-state index contributed by atoms with van der Waals surface area (Å²) in [5.41, 5.74) is 1.57. The Labute approximate surface area is 180 Å². The van der Waals surface area contributed by atoms with E-state index in [0.717, 1.165) is 10.6 Å². The molecule has 2 aromatic rings. The molecule has 1 saturated heterocycles. The molecule has 0 aromatic heterocycles. The van der Waals surface area contributed by atoms with Gasteiger partial charge in [0.2, 0.25) is 15.9 Å². The van der Waals surface area contributed by atoms with Gasteiger partial charge in [0.15, 0.2) is 0 Å². The maximum Gasteiger partial charge on any atom is 0.243 e. The maximum atomic E-state index is 13.2. The first-order valence-corrected chi connectivity index (χ1v) is 12.2. The number of amides is 1. The van der Waals surface area contributed by atoms with Gasteiger partial charge < -0.3 is 10.2 Å². The van der Waals surface area contributed by atoms with Crippen molar-refractivity contribution in [2.45, 2.75) is 16.7 Å². The zero-order valence-corrected chi connectivity index (χ0v) is 18.4. The van der Waals surface area contributed by atoms with Gasteiger partial charge in [-0.25, -0.2) is 8.42 Å². The molecule has 2 aliphatic rings. The van der Waals surface area contributed by atoms with Crippen molar-refractivity contribution in [3.8, 4) is 0 Å². The van der Waals surface area contributed by atoms with Crippen LogP contribution >= 0.6 is 23.4 Å². The van der Waals surface area contributed by atoms with Crippen molar-refractivity contribution < 1.29 is 13.2 Å². The van der Waals surface area contributed by atoms with Crippen molar-refractivity contribution >= 4 is 50.7 Å². The average molecular weight is 452 g/mol. The van der Waals surface area contributed by atoms with E-state index in [-0.39, 0.29) is 16.7 Å². The van der Waals surface area contributed by atoms with Gasteiger partial charge in [-0.05, 0) is 36.4 Å². The minimum Gasteiger partial charge on any atom is -0.369 e. The number of hydrogen-bond acceptors (Lipinski definition) is 5. The predicted octanol–water partition coefficient (Wildman–Crippen LogP) is 3.53. The minimum atomic E-state index is -3.63. The van der Waals surface area contributed by atoms with E-state index in [9.17, 15) is 13.2 Å². The standard InChI is InChI=1S/C20H22ClN3O3S2/c1-14-13-28-19-6-5-17(12-18(19)22-20(14)25)29(26,27)24-9-7-23(8-10-24)16-4-2-3-15(21)11-16/h2-6,11-12,14H,7-10,13H2,1H3,(H,22,25)/t14-/m1/s1. The van der Waals surface area contributed by atoms with Crippen molar-refractivity contribution in [1.82, 2.24) is 4.31 Å². The van der Waals surface area contributed by atoms with E-state index in [4.69, 9.17) is 11.6 Å². The molecule has 0 saturated carbocycles. The molecule has 1 fully saturated rings. The molecular weight excluding hydrogens is 430 g/mol. The highest BCUT2D eigenvalue weighted by molar-refractivity contribution is 7.99. The number of anilines is 2. The lowest BCUT2D eigenvalue weighted by Crippen LogP contribution is -2.48. The summed E-state index contributed by atoms with van der Waals surface area (Å²) in [6.45, 7) is 3.84. The molecule has 0 unspecified atom stereocenters. The Morgan fingerprint density at radius 3 is 2.59 bits per heavy atom. The van der Waals surface area contributed by atoms with Gasteiger partial charge in [-0.2, -0.15) is 4.31 Å². The minimum absolute atomic E-state index is 0.0825. The summed E-state index contributed by atoms with van der Waals surface area (Å²) >= 11 is 7.64. The lowest BCUT2D eigenvalue weighted by atomic mass is 10.2. The number of benzene rings is 2. The second-order valence-electron chi connectivity index (χ2n) is 7.23. The quantitative estimate of drug-likeness (QED) is 0.773. The van der Waals surface area contributed by atoms with Crippen LogP contribution in [0.25, 0.3) is 0 Å². The molecule has 2 aromatic carbocycles. The highest BCUT2D eigenvalue weighted by Crippen LogP contribution is 2.35. The molecule has 1 amide bonds. The molecule has 1 atom stereocenters. The third-order valence-electron chi connectivity index (χ3n) is 5.20. The van der Waals surface area contributed by atoms with Crippen LogP contribution in [-0.4, -0.2) is 50.6 Å². The van der Waals surface area contributed by atoms with E-state index in [1.807, 2.05) is 31.2 Å². The maximum absolute atomic E-state index is 13.2. The summed E-state index contributed by atoms with van der Waals surface area (Å²) in [7, 11) is -3.63. The molecule has 0 spiro atoms. The number of thioether (sulfide) groups is 1. The lowest BCUT2D eigenvalue weighted by molar-refractivity contribution is -0.118. The van der Waals surface area contributed by atoms with E-state index in [1.165, 1.54) is 4.31 Å². The van der Waals surface area contributed by atoms with Gasteiger partial charge in [0, 0.05) is 53.5 Å². The van der Waals surface area contributed by atoms with Gasteiger partial charge in [0.05, 0.1) is 10.6 Å². The summed E-state index contributed by atoms with van der Waals surface area (Å²) in [4.78, 5) is 15.4. The number of rotatable bonds is 3. The van der Waals surface area contributed by atoms with Crippen LogP contribution in [0, 0.1) is 5.92 Å². The van der Waals surface area contributed by atoms with Gasteiger partial charge in [0.25, 0.3) is 0 Å². The zero-order valence-electron chi connectivity index (χ0n) is 16.0. The first-order chi connectivity index (χ1) is 13.8. The van der Waals surface area contributed by atoms with E-state index in [1.54, 1.807) is 30.0 Å². The van der Waals surface area contributed by atoms with Gasteiger partial charge >= 0.3 is 0 Å². The number of sulfonamides is 1. The number of carbonyl (C=O) groups is 1. The summed E-state index contributed by atoms with van der Waals surface area (Å²) < 4.78 is 27.8. The molecule has 2 heterocycles. The van der Waals surface area contributed by atoms with Crippen LogP contribution in [0.3, 0.4) is 0 Å². The first-order valence-electron chi connectivity index (χ1n) is 9.43. The summed E-state index contributed by atoms with van der Waals surface area (Å²) in [6, 6.07) is 12.6. The average Bonchev–Trinajstić information content (AvgIpc) is 2.86. The van der Waals surface area contributed by atoms with Gasteiger partial charge in [0.1, 0.15) is 0 Å². The zero-order chi connectivity index (χ0) is 20.6. The van der Waals surface area contributed by atoms with Crippen LogP contribution in [0.1, 0.15) is 6.92 Å². The predicted molar refractivity (Wildman–Crippen MR) is 117 cm³/mol. The Kier molecular flexibility index (Phi) is 5.79. The lowest BCUT2D eigenvalue weighted by Gasteiger charge is -2.35. The van der Waals surface area contributed by atoms with Gasteiger partial charge in [-0.1, -0.05) is 24.6 Å². The van der Waals surface area contributed by atoms with Crippen molar-refractivity contribution in [1.29, 1.82) is 0 Å². The topological polar surface area (TPSA) is 69.7 Å². The van der Waals surface area contributed by atoms with Crippen LogP contribution in [-0.2, 0) is 14.8 Å². The van der Waals surface area contributed by atoms with Crippen LogP contribution < -0.4 is 10.2 Å². The fourth-order valence-corrected chi connectivity index (χ4v) is 6.09. The van der Waals surface area contributed by atoms with Gasteiger partial charge in [-0.15, -0.1) is 11.8 Å². The first kappa shape index (κ1) is 20.5. The van der Waals surface area contributed by atoms with Crippen LogP contribution in [0.2, 0.25) is 5.02 Å². The molecule has 9 heteroatoms. The number of nitrogens with zero attached hydrogens (tertiary/aromatic N) is 2. The molecule has 6 nitrogen and oxygen atoms in total. The van der Waals surface area contributed by atoms with Crippen LogP contribution in [0.5, 0.6) is 0 Å². The molecule has 154 valence electrons. The molecule has 4 rings (SSSR count). The van der Waals surface area contributed by atoms with Gasteiger partial charge in [-0.3, -0.25) is 4.79 Å². The Balaban J connectivity index is 1.51. The number of nitrogens with one attached hydrogen (secondary N) is 1. The molecule has 0 bridgehead atoms. The fourth-order valence-electron chi connectivity index (χ4n) is 3.45. The number of halogens is 1. The monoisotopic (exact) mass is 451 g/mol. The normalized spacial score (nSPS) is 20.7. The third-order valence-corrected chi connectivity index (χ3v) is 8.66. The van der Waals surface area contributed by atoms with Crippen molar-refractivity contribution in [3.05, 3.63) is 47.5 Å². The Hall–Kier alpha value is -1.74. The largest absolute Gasteiger partial charge is 0.369 e. The number of piperazine rings is 1. The highest BCUT2D eigenvalue weighted by Gasteiger charge is 2.30. The number of hydrogen-bond donors (Lipinski definition) is 1. The Morgan fingerprint density at radius 1 is 1.10 bits per heavy atom. The molecule has 1 N–H and O–H groups in total. The smallest absolute Gasteiger partial charge is 0.243 e. The second kappa shape index (κ2) is 8.18. The summed E-state index contributed by atoms with van der Waals surface area (Å²) in [6.07, 6.45) is 0. The molecule has 0 radical (unpaired) electrons. The van der Waals surface area contributed by atoms with Crippen LogP contribution in [0.15, 0.2) is 52.3 Å². The molecular formula is C20H22ClN3O3S2. The Morgan fingerprint density at radius 2 is 1.86 bits per heavy atom. The van der Waals surface area contributed by atoms with E-state index in [2.05, 4.69) is 10.2 Å². The highest BCUT2D eigenvalue weighted by atomic mass is 35.5. The van der Waals surface area contributed by atoms with Crippen LogP contribution in [0.4, 0.5) is 11.4 Å². The second-order valence-corrected chi connectivity index (χ2v) is 10.7. The molecule has 29 heavy (non-hydrogen) atoms. The number of carbonyl (C=O) groups excluding carboxylic acids is 1. The summed E-state index contributed by atoms with van der Waals surface area (Å²) in [5, 5.41) is 3.52. The third kappa shape index (κ3) is 4.26. The molecule has 2 aliphatic heterocycles. The fraction of sp³-hybridized carbons (Fsp3) is 0.350. The number of fused-ring (bicyclic) bond motifs is 1. The molecule has 0 aliphatic carbocycles. The van der Waals surface area contributed by atoms with Crippen molar-refractivity contribution in [2.24, 2.45) is 5.92 Å². The van der Waals surface area contributed by atoms with E-state index in [0.29, 0.717) is 42.6 Å². The summed E-state index contributed by atoms with van der Waals surface area (Å²) in [5.74, 6) is 0.476. The Bertz CT molecular complexity index is 1040. The van der Waals surface area contributed by atoms with Crippen molar-refractivity contribution in [2.75, 3.05) is 42.1 Å². The van der Waals surface area contributed by atoms with Crippen molar-refractivity contribution in [3.63, 3.8) is 0 Å². The van der Waals surface area contributed by atoms with E-state index < -0.39 is 10.0 Å².